The summed E-state index contributed by atoms with van der Waals surface area (Å²) in [5.41, 5.74) is 2.55. The van der Waals surface area contributed by atoms with Crippen LogP contribution in [0.15, 0.2) is 15.9 Å². The van der Waals surface area contributed by atoms with E-state index < -0.39 is 10.0 Å². The van der Waals surface area contributed by atoms with Gasteiger partial charge in [-0.2, -0.15) is 4.31 Å². The van der Waals surface area contributed by atoms with Crippen LogP contribution in [0.4, 0.5) is 0 Å². The van der Waals surface area contributed by atoms with Gasteiger partial charge < -0.3 is 0 Å². The van der Waals surface area contributed by atoms with Gasteiger partial charge in [0.05, 0.1) is 17.4 Å². The van der Waals surface area contributed by atoms with E-state index in [-0.39, 0.29) is 8.68 Å². The van der Waals surface area contributed by atoms with Crippen molar-refractivity contribution in [1.29, 1.82) is 0 Å². The van der Waals surface area contributed by atoms with Gasteiger partial charge in [-0.15, -0.1) is 11.3 Å². The molecule has 0 atom stereocenters. The summed E-state index contributed by atoms with van der Waals surface area (Å²) >= 11 is 8.05. The van der Waals surface area contributed by atoms with E-state index in [1.165, 1.54) is 28.9 Å². The number of halogens is 1. The lowest BCUT2D eigenvalue weighted by Crippen LogP contribution is -2.25. The van der Waals surface area contributed by atoms with Gasteiger partial charge in [-0.1, -0.05) is 22.9 Å². The molecule has 98 valence electrons. The second-order valence-corrected chi connectivity index (χ2v) is 8.38. The minimum atomic E-state index is -3.53. The Kier molecular flexibility index (Phi) is 4.02. The van der Waals surface area contributed by atoms with Crippen LogP contribution >= 0.6 is 34.3 Å². The molecule has 0 aliphatic heterocycles. The summed E-state index contributed by atoms with van der Waals surface area (Å²) in [6.45, 7) is 2.16. The van der Waals surface area contributed by atoms with Crippen LogP contribution < -0.4 is 0 Å². The van der Waals surface area contributed by atoms with Gasteiger partial charge in [0.15, 0.2) is 8.68 Å². The highest BCUT2D eigenvalue weighted by Gasteiger charge is 2.24. The summed E-state index contributed by atoms with van der Waals surface area (Å²) in [5.74, 6) is 0. The Labute approximate surface area is 118 Å². The molecule has 0 saturated heterocycles. The van der Waals surface area contributed by atoms with Gasteiger partial charge in [0.2, 0.25) is 0 Å². The summed E-state index contributed by atoms with van der Waals surface area (Å²) in [6.07, 6.45) is 1.28. The summed E-state index contributed by atoms with van der Waals surface area (Å²) in [5, 5.41) is 0. The number of aromatic nitrogens is 2. The van der Waals surface area contributed by atoms with Gasteiger partial charge in [0.1, 0.15) is 0 Å². The molecule has 2 aromatic rings. The first kappa shape index (κ1) is 13.9. The van der Waals surface area contributed by atoms with Crippen LogP contribution in [0.5, 0.6) is 0 Å². The molecule has 9 heteroatoms. The third kappa shape index (κ3) is 2.72. The highest BCUT2D eigenvalue weighted by molar-refractivity contribution is 7.91. The van der Waals surface area contributed by atoms with Gasteiger partial charge in [0, 0.05) is 18.5 Å². The lowest BCUT2D eigenvalue weighted by Gasteiger charge is -2.14. The largest absolute Gasteiger partial charge is 0.254 e. The number of aryl methyl sites for hydroxylation is 1. The van der Waals surface area contributed by atoms with Crippen molar-refractivity contribution >= 4 is 44.3 Å². The Morgan fingerprint density at radius 1 is 1.44 bits per heavy atom. The van der Waals surface area contributed by atoms with Gasteiger partial charge in [-0.05, 0) is 6.92 Å². The molecule has 0 aromatic carbocycles. The third-order valence-electron chi connectivity index (χ3n) is 2.33. The van der Waals surface area contributed by atoms with Crippen molar-refractivity contribution in [2.45, 2.75) is 17.7 Å². The molecular weight excluding hydrogens is 314 g/mol. The van der Waals surface area contributed by atoms with Crippen LogP contribution in [0.2, 0.25) is 4.47 Å². The topological polar surface area (TPSA) is 63.2 Å². The second kappa shape index (κ2) is 5.22. The van der Waals surface area contributed by atoms with E-state index >= 15 is 0 Å². The monoisotopic (exact) mass is 323 g/mol. The zero-order valence-corrected chi connectivity index (χ0v) is 12.8. The van der Waals surface area contributed by atoms with Crippen molar-refractivity contribution in [2.75, 3.05) is 7.05 Å². The van der Waals surface area contributed by atoms with Crippen LogP contribution in [0.25, 0.3) is 0 Å². The Hall–Kier alpha value is -0.540. The number of sulfonamides is 1. The maximum Gasteiger partial charge on any atom is 0.254 e. The molecule has 0 N–H and O–H groups in total. The Bertz CT molecular complexity index is 650. The Morgan fingerprint density at radius 2 is 2.17 bits per heavy atom. The molecule has 0 aliphatic rings. The smallest absolute Gasteiger partial charge is 0.250 e. The zero-order valence-electron chi connectivity index (χ0n) is 9.62. The molecule has 5 nitrogen and oxygen atoms in total. The fraction of sp³-hybridized carbons (Fsp3) is 0.333. The molecule has 2 aromatic heterocycles. The SMILES string of the molecule is Cc1ncsc1CN(C)S(=O)(=O)c1cnc(Cl)s1. The van der Waals surface area contributed by atoms with E-state index in [4.69, 9.17) is 11.6 Å². The fourth-order valence-corrected chi connectivity index (χ4v) is 4.83. The normalized spacial score (nSPS) is 12.2. The molecule has 0 fully saturated rings. The average Bonchev–Trinajstić information content (AvgIpc) is 2.89. The molecule has 0 bridgehead atoms. The molecular formula is C9H10ClN3O2S3. The lowest BCUT2D eigenvalue weighted by atomic mass is 10.4. The number of nitrogens with zero attached hydrogens (tertiary/aromatic N) is 3. The van der Waals surface area contributed by atoms with E-state index in [0.29, 0.717) is 6.54 Å². The minimum Gasteiger partial charge on any atom is -0.250 e. The summed E-state index contributed by atoms with van der Waals surface area (Å²) in [6, 6.07) is 0. The predicted octanol–water partition coefficient (Wildman–Crippen LogP) is 2.38. The Morgan fingerprint density at radius 3 is 2.67 bits per heavy atom. The first-order valence-corrected chi connectivity index (χ1v) is 8.39. The number of rotatable bonds is 4. The molecule has 0 saturated carbocycles. The fourth-order valence-electron chi connectivity index (χ4n) is 1.28. The van der Waals surface area contributed by atoms with Crippen LogP contribution in [-0.2, 0) is 16.6 Å². The molecule has 0 amide bonds. The molecule has 0 spiro atoms. The Balaban J connectivity index is 2.23. The number of hydrogen-bond acceptors (Lipinski definition) is 6. The van der Waals surface area contributed by atoms with Crippen molar-refractivity contribution in [1.82, 2.24) is 14.3 Å². The molecule has 18 heavy (non-hydrogen) atoms. The standard InChI is InChI=1S/C9H10ClN3O2S3/c1-6-7(16-5-12-6)4-13(2)18(14,15)8-3-11-9(10)17-8/h3,5H,4H2,1-2H3. The molecule has 2 rings (SSSR count). The lowest BCUT2D eigenvalue weighted by molar-refractivity contribution is 0.470. The average molecular weight is 324 g/mol. The van der Waals surface area contributed by atoms with E-state index in [2.05, 4.69) is 9.97 Å². The van der Waals surface area contributed by atoms with Crippen molar-refractivity contribution < 1.29 is 8.42 Å². The van der Waals surface area contributed by atoms with Crippen LogP contribution in [0.1, 0.15) is 10.6 Å². The van der Waals surface area contributed by atoms with Gasteiger partial charge in [-0.3, -0.25) is 0 Å². The van der Waals surface area contributed by atoms with E-state index in [1.54, 1.807) is 5.51 Å². The van der Waals surface area contributed by atoms with Crippen molar-refractivity contribution in [3.05, 3.63) is 26.7 Å². The highest BCUT2D eigenvalue weighted by atomic mass is 35.5. The quantitative estimate of drug-likeness (QED) is 0.866. The minimum absolute atomic E-state index is 0.150. The summed E-state index contributed by atoms with van der Waals surface area (Å²) in [4.78, 5) is 8.77. The van der Waals surface area contributed by atoms with E-state index in [1.807, 2.05) is 6.92 Å². The van der Waals surface area contributed by atoms with E-state index in [9.17, 15) is 8.42 Å². The van der Waals surface area contributed by atoms with Crippen LogP contribution in [0.3, 0.4) is 0 Å². The van der Waals surface area contributed by atoms with Crippen LogP contribution in [-0.4, -0.2) is 29.7 Å². The zero-order chi connectivity index (χ0) is 13.3. The van der Waals surface area contributed by atoms with Gasteiger partial charge >= 0.3 is 0 Å². The van der Waals surface area contributed by atoms with Crippen molar-refractivity contribution in [3.63, 3.8) is 0 Å². The third-order valence-corrected chi connectivity index (χ3v) is 6.61. The van der Waals surface area contributed by atoms with Gasteiger partial charge in [-0.25, -0.2) is 18.4 Å². The maximum absolute atomic E-state index is 12.2. The molecule has 0 unspecified atom stereocenters. The molecule has 2 heterocycles. The molecule has 0 radical (unpaired) electrons. The van der Waals surface area contributed by atoms with Gasteiger partial charge in [0.25, 0.3) is 10.0 Å². The number of hydrogen-bond donors (Lipinski definition) is 0. The summed E-state index contributed by atoms with van der Waals surface area (Å²) < 4.78 is 26.1. The highest BCUT2D eigenvalue weighted by Crippen LogP contribution is 2.26. The van der Waals surface area contributed by atoms with Crippen molar-refractivity contribution in [2.24, 2.45) is 0 Å². The van der Waals surface area contributed by atoms with E-state index in [0.717, 1.165) is 21.9 Å². The first-order valence-electron chi connectivity index (χ1n) is 4.88. The maximum atomic E-state index is 12.2. The van der Waals surface area contributed by atoms with Crippen molar-refractivity contribution in [3.8, 4) is 0 Å². The summed E-state index contributed by atoms with van der Waals surface area (Å²) in [7, 11) is -2.00. The second-order valence-electron chi connectivity index (χ2n) is 3.55. The molecule has 0 aliphatic carbocycles. The predicted molar refractivity (Wildman–Crippen MR) is 72.6 cm³/mol. The van der Waals surface area contributed by atoms with Crippen LogP contribution in [0, 0.1) is 6.92 Å². The first-order chi connectivity index (χ1) is 8.41. The number of thiazole rings is 2.